The zero-order valence-corrected chi connectivity index (χ0v) is 29.0. The molecule has 2 bridgehead atoms. The number of cyclic esters (lactones) is 1. The Morgan fingerprint density at radius 3 is 2.43 bits per heavy atom. The monoisotopic (exact) mass is 649 g/mol. The Morgan fingerprint density at radius 1 is 1.11 bits per heavy atom. The SMILES string of the molecule is C=CCO[C@@H]1[C@@H](C)[C@H](O[C@@H]2O[C@H](C)C[C@H](N(C)C)[C@H]2O)[C@@H](C)C(=O)CC(=O)O[C@@H](CC)[C@@]2(C)OC(=O)N3CCN=C([C@@H](C)C32)[C@@H]1C. The predicted molar refractivity (Wildman–Crippen MR) is 171 cm³/mol. The van der Waals surface area contributed by atoms with Crippen LogP contribution in [-0.4, -0.2) is 127 Å². The molecule has 0 aromatic heterocycles. The standard InChI is InChI=1S/C34H55N3O9/c1-11-15-42-29-20(5)27-21(6)31-34(8,46-33(41)37(31)14-13-35-27)25(12-2)44-26(39)17-24(38)19(4)30(22(29)7)45-32-28(40)23(36(9)10)16-18(3)43-32/h11,18-23,25,28-32,40H,1,12-17H2,2-10H3/t18-,19+,20+,21-,22-,23+,25+,28-,29+,30-,31?,32+,34-/m1/s1. The summed E-state index contributed by atoms with van der Waals surface area (Å²) >= 11 is 0. The molecule has 12 nitrogen and oxygen atoms in total. The molecule has 0 aromatic carbocycles. The van der Waals surface area contributed by atoms with Gasteiger partial charge in [-0.25, -0.2) is 4.79 Å². The van der Waals surface area contributed by atoms with Crippen LogP contribution in [0, 0.1) is 23.7 Å². The van der Waals surface area contributed by atoms with E-state index in [2.05, 4.69) is 6.58 Å². The predicted octanol–water partition coefficient (Wildman–Crippen LogP) is 3.24. The minimum absolute atomic E-state index is 0.192. The van der Waals surface area contributed by atoms with E-state index in [0.29, 0.717) is 25.9 Å². The van der Waals surface area contributed by atoms with Gasteiger partial charge in [0.25, 0.3) is 0 Å². The number of carbonyl (C=O) groups excluding carboxylic acids is 3. The van der Waals surface area contributed by atoms with Gasteiger partial charge in [-0.05, 0) is 40.8 Å². The Balaban J connectivity index is 1.80. The number of ketones is 1. The van der Waals surface area contributed by atoms with Gasteiger partial charge in [0.1, 0.15) is 24.4 Å². The van der Waals surface area contributed by atoms with Crippen LogP contribution in [0.1, 0.15) is 67.7 Å². The van der Waals surface area contributed by atoms with E-state index in [1.807, 2.05) is 60.5 Å². The highest BCUT2D eigenvalue weighted by Crippen LogP contribution is 2.43. The number of aliphatic hydroxyl groups excluding tert-OH is 1. The highest BCUT2D eigenvalue weighted by atomic mass is 16.7. The smallest absolute Gasteiger partial charge is 0.410 e. The van der Waals surface area contributed by atoms with Crippen LogP contribution in [0.4, 0.5) is 4.79 Å². The number of aliphatic imine (C=N–C) groups is 1. The minimum Gasteiger partial charge on any atom is -0.458 e. The van der Waals surface area contributed by atoms with Crippen LogP contribution >= 0.6 is 0 Å². The first-order valence-electron chi connectivity index (χ1n) is 16.8. The third-order valence-electron chi connectivity index (χ3n) is 10.6. The van der Waals surface area contributed by atoms with Crippen molar-refractivity contribution in [2.75, 3.05) is 33.8 Å². The normalized spacial score (nSPS) is 42.5. The molecule has 4 heterocycles. The molecule has 0 spiro atoms. The number of aliphatic hydroxyl groups is 1. The molecule has 1 amide bonds. The maximum absolute atomic E-state index is 13.8. The molecule has 4 aliphatic heterocycles. The molecule has 13 atom stereocenters. The van der Waals surface area contributed by atoms with E-state index in [1.165, 1.54) is 0 Å². The number of nitrogens with zero attached hydrogens (tertiary/aromatic N) is 3. The number of esters is 1. The van der Waals surface area contributed by atoms with Crippen molar-refractivity contribution in [1.29, 1.82) is 0 Å². The van der Waals surface area contributed by atoms with Crippen molar-refractivity contribution in [3.8, 4) is 0 Å². The van der Waals surface area contributed by atoms with Crippen LogP contribution in [0.25, 0.3) is 0 Å². The molecule has 46 heavy (non-hydrogen) atoms. The molecule has 1 N–H and O–H groups in total. The van der Waals surface area contributed by atoms with E-state index in [1.54, 1.807) is 17.9 Å². The number of rotatable bonds is 7. The lowest BCUT2D eigenvalue weighted by Gasteiger charge is -2.45. The van der Waals surface area contributed by atoms with Crippen molar-refractivity contribution in [3.05, 3.63) is 12.7 Å². The zero-order chi connectivity index (χ0) is 34.1. The second-order valence-electron chi connectivity index (χ2n) is 14.0. The molecule has 260 valence electrons. The lowest BCUT2D eigenvalue weighted by Crippen LogP contribution is -2.58. The van der Waals surface area contributed by atoms with Gasteiger partial charge in [0.05, 0.1) is 37.5 Å². The summed E-state index contributed by atoms with van der Waals surface area (Å²) in [5, 5.41) is 11.3. The van der Waals surface area contributed by atoms with E-state index in [-0.39, 0.29) is 36.4 Å². The van der Waals surface area contributed by atoms with Crippen LogP contribution in [0.15, 0.2) is 17.6 Å². The van der Waals surface area contributed by atoms with Gasteiger partial charge in [0.15, 0.2) is 11.9 Å². The van der Waals surface area contributed by atoms with E-state index in [4.69, 9.17) is 28.7 Å². The summed E-state index contributed by atoms with van der Waals surface area (Å²) in [4.78, 5) is 49.1. The molecule has 0 radical (unpaired) electrons. The summed E-state index contributed by atoms with van der Waals surface area (Å²) in [6.45, 7) is 18.2. The lowest BCUT2D eigenvalue weighted by molar-refractivity contribution is -0.281. The van der Waals surface area contributed by atoms with Gasteiger partial charge in [0.2, 0.25) is 0 Å². The van der Waals surface area contributed by atoms with Gasteiger partial charge in [0, 0.05) is 42.0 Å². The van der Waals surface area contributed by atoms with Crippen LogP contribution in [0.3, 0.4) is 0 Å². The van der Waals surface area contributed by atoms with Crippen molar-refractivity contribution >= 4 is 23.6 Å². The molecule has 3 saturated heterocycles. The van der Waals surface area contributed by atoms with Crippen LogP contribution in [0.5, 0.6) is 0 Å². The Labute approximate surface area is 273 Å². The molecule has 4 aliphatic rings. The Hall–Kier alpha value is -2.38. The fourth-order valence-corrected chi connectivity index (χ4v) is 8.22. The van der Waals surface area contributed by atoms with Crippen molar-refractivity contribution in [1.82, 2.24) is 9.80 Å². The number of fused-ring (bicyclic) bond motifs is 1. The molecule has 0 aromatic rings. The van der Waals surface area contributed by atoms with Gasteiger partial charge in [-0.1, -0.05) is 40.7 Å². The first-order chi connectivity index (χ1) is 21.7. The molecule has 1 unspecified atom stereocenters. The fourth-order valence-electron chi connectivity index (χ4n) is 8.22. The Bertz CT molecular complexity index is 1160. The molecule has 0 saturated carbocycles. The molecular weight excluding hydrogens is 594 g/mol. The summed E-state index contributed by atoms with van der Waals surface area (Å²) < 4.78 is 31.2. The summed E-state index contributed by atoms with van der Waals surface area (Å²) in [5.41, 5.74) is -0.308. The van der Waals surface area contributed by atoms with Crippen LogP contribution in [0.2, 0.25) is 0 Å². The first kappa shape index (κ1) is 36.5. The second-order valence-corrected chi connectivity index (χ2v) is 14.0. The average molecular weight is 650 g/mol. The van der Waals surface area contributed by atoms with Gasteiger partial charge in [-0.3, -0.25) is 19.5 Å². The Morgan fingerprint density at radius 2 is 1.80 bits per heavy atom. The van der Waals surface area contributed by atoms with E-state index in [9.17, 15) is 19.5 Å². The van der Waals surface area contributed by atoms with Crippen molar-refractivity contribution in [2.24, 2.45) is 28.7 Å². The fraction of sp³-hybridized carbons (Fsp3) is 0.824. The van der Waals surface area contributed by atoms with Gasteiger partial charge in [-0.2, -0.15) is 0 Å². The van der Waals surface area contributed by atoms with Gasteiger partial charge in [-0.15, -0.1) is 6.58 Å². The maximum Gasteiger partial charge on any atom is 0.410 e. The number of likely N-dealkylation sites (N-methyl/N-ethyl adjacent to an activating group) is 1. The molecule has 0 aliphatic carbocycles. The minimum atomic E-state index is -1.16. The second kappa shape index (κ2) is 14.8. The summed E-state index contributed by atoms with van der Waals surface area (Å²) in [7, 11) is 3.80. The first-order valence-corrected chi connectivity index (χ1v) is 16.8. The molecule has 12 heteroatoms. The van der Waals surface area contributed by atoms with Crippen LogP contribution in [-0.2, 0) is 33.3 Å². The zero-order valence-electron chi connectivity index (χ0n) is 29.0. The van der Waals surface area contributed by atoms with Crippen molar-refractivity contribution < 1.29 is 43.2 Å². The van der Waals surface area contributed by atoms with E-state index < -0.39 is 72.7 Å². The highest BCUT2D eigenvalue weighted by Gasteiger charge is 2.60. The molecule has 4 rings (SSSR count). The third-order valence-corrected chi connectivity index (χ3v) is 10.6. The highest BCUT2D eigenvalue weighted by molar-refractivity contribution is 5.97. The number of hydrogen-bond donors (Lipinski definition) is 1. The number of Topliss-reactive ketones (excluding diaryl/α,β-unsaturated/α-hetero) is 1. The molecular formula is C34H55N3O9. The van der Waals surface area contributed by atoms with Crippen LogP contribution < -0.4 is 0 Å². The Kier molecular flexibility index (Phi) is 11.7. The van der Waals surface area contributed by atoms with E-state index in [0.717, 1.165) is 5.71 Å². The quantitative estimate of drug-likeness (QED) is 0.249. The van der Waals surface area contributed by atoms with Gasteiger partial charge >= 0.3 is 12.1 Å². The summed E-state index contributed by atoms with van der Waals surface area (Å²) in [6.07, 6.45) is -2.52. The number of amides is 1. The summed E-state index contributed by atoms with van der Waals surface area (Å²) in [6, 6.07) is -0.673. The number of ether oxygens (including phenoxy) is 5. The number of carbonyl (C=O) groups is 3. The number of hydrogen-bond acceptors (Lipinski definition) is 11. The van der Waals surface area contributed by atoms with Crippen molar-refractivity contribution in [2.45, 2.75) is 122 Å². The van der Waals surface area contributed by atoms with E-state index >= 15 is 0 Å². The molecule has 3 fully saturated rings. The summed E-state index contributed by atoms with van der Waals surface area (Å²) in [5.74, 6) is -2.81. The maximum atomic E-state index is 13.8. The van der Waals surface area contributed by atoms with Crippen molar-refractivity contribution in [3.63, 3.8) is 0 Å². The largest absolute Gasteiger partial charge is 0.458 e. The third kappa shape index (κ3) is 7.06. The average Bonchev–Trinajstić information content (AvgIpc) is 3.12. The van der Waals surface area contributed by atoms with Gasteiger partial charge < -0.3 is 33.7 Å². The topological polar surface area (TPSA) is 136 Å². The lowest BCUT2D eigenvalue weighted by atomic mass is 9.73.